The summed E-state index contributed by atoms with van der Waals surface area (Å²) in [6.45, 7) is 0.944. The van der Waals surface area contributed by atoms with Gasteiger partial charge in [0.2, 0.25) is 0 Å². The second-order valence-electron chi connectivity index (χ2n) is 6.90. The van der Waals surface area contributed by atoms with E-state index in [-0.39, 0.29) is 6.10 Å². The fourth-order valence-corrected chi connectivity index (χ4v) is 3.32. The van der Waals surface area contributed by atoms with Crippen molar-refractivity contribution >= 4 is 0 Å². The normalized spacial score (nSPS) is 21.7. The van der Waals surface area contributed by atoms with Crippen LogP contribution in [-0.4, -0.2) is 41.6 Å². The summed E-state index contributed by atoms with van der Waals surface area (Å²) < 4.78 is 5.71. The molecule has 0 aliphatic heterocycles. The van der Waals surface area contributed by atoms with E-state index >= 15 is 0 Å². The van der Waals surface area contributed by atoms with Crippen LogP contribution in [0.4, 0.5) is 0 Å². The van der Waals surface area contributed by atoms with Crippen molar-refractivity contribution in [1.82, 2.24) is 0 Å². The van der Waals surface area contributed by atoms with Gasteiger partial charge in [0.15, 0.2) is 0 Å². The molecule has 0 aromatic heterocycles. The molecule has 25 heavy (non-hydrogen) atoms. The van der Waals surface area contributed by atoms with Crippen LogP contribution in [0.1, 0.15) is 25.7 Å². The lowest BCUT2D eigenvalue weighted by Crippen LogP contribution is -2.92. The number of ether oxygens (including phenoxy) is 1. The number of nitrogens with two attached hydrogens (primary N) is 1. The van der Waals surface area contributed by atoms with Crippen LogP contribution in [0.5, 0.6) is 5.75 Å². The fourth-order valence-electron chi connectivity index (χ4n) is 3.32. The fraction of sp³-hybridized carbons (Fsp3) is 0.429. The predicted octanol–water partition coefficient (Wildman–Crippen LogP) is 1.96. The summed E-state index contributed by atoms with van der Waals surface area (Å²) in [5, 5.41) is 21.8. The first-order valence-electron chi connectivity index (χ1n) is 9.18. The van der Waals surface area contributed by atoms with Crippen LogP contribution in [-0.2, 0) is 0 Å². The molecular formula is C21H28NO3+. The second kappa shape index (κ2) is 8.99. The van der Waals surface area contributed by atoms with Gasteiger partial charge >= 0.3 is 0 Å². The van der Waals surface area contributed by atoms with E-state index in [1.54, 1.807) is 0 Å². The van der Waals surface area contributed by atoms with E-state index in [1.165, 1.54) is 5.56 Å². The third-order valence-corrected chi connectivity index (χ3v) is 4.89. The third kappa shape index (κ3) is 5.56. The zero-order valence-corrected chi connectivity index (χ0v) is 14.6. The van der Waals surface area contributed by atoms with E-state index in [4.69, 9.17) is 4.74 Å². The predicted molar refractivity (Wildman–Crippen MR) is 98.4 cm³/mol. The summed E-state index contributed by atoms with van der Waals surface area (Å²) >= 11 is 0. The van der Waals surface area contributed by atoms with Crippen LogP contribution in [0, 0.1) is 0 Å². The third-order valence-electron chi connectivity index (χ3n) is 4.89. The summed E-state index contributed by atoms with van der Waals surface area (Å²) in [5.74, 6) is 0.777. The molecule has 2 aromatic rings. The first kappa shape index (κ1) is 17.9. The van der Waals surface area contributed by atoms with E-state index in [0.29, 0.717) is 19.2 Å². The Morgan fingerprint density at radius 1 is 0.920 bits per heavy atom. The van der Waals surface area contributed by atoms with Gasteiger partial charge in [-0.3, -0.25) is 0 Å². The van der Waals surface area contributed by atoms with Crippen LogP contribution < -0.4 is 10.1 Å². The minimum absolute atomic E-state index is 0.128. The Labute approximate surface area is 149 Å². The van der Waals surface area contributed by atoms with Gasteiger partial charge in [0.25, 0.3) is 0 Å². The van der Waals surface area contributed by atoms with Crippen molar-refractivity contribution in [1.29, 1.82) is 0 Å². The summed E-state index contributed by atoms with van der Waals surface area (Å²) in [5.41, 5.74) is 2.34. The van der Waals surface area contributed by atoms with Gasteiger partial charge in [-0.2, -0.15) is 0 Å². The van der Waals surface area contributed by atoms with Crippen molar-refractivity contribution in [2.24, 2.45) is 0 Å². The Balaban J connectivity index is 1.40. The lowest BCUT2D eigenvalue weighted by molar-refractivity contribution is -0.697. The Hall–Kier alpha value is -1.88. The molecule has 3 rings (SSSR count). The highest BCUT2D eigenvalue weighted by molar-refractivity contribution is 5.63. The average molecular weight is 342 g/mol. The molecule has 1 fully saturated rings. The van der Waals surface area contributed by atoms with E-state index in [0.717, 1.165) is 37.0 Å². The molecule has 0 spiro atoms. The van der Waals surface area contributed by atoms with Gasteiger partial charge in [-0.05, 0) is 36.1 Å². The summed E-state index contributed by atoms with van der Waals surface area (Å²) in [6.07, 6.45) is 3.19. The van der Waals surface area contributed by atoms with Crippen LogP contribution in [0.2, 0.25) is 0 Å². The molecule has 1 aliphatic rings. The Morgan fingerprint density at radius 3 is 2.24 bits per heavy atom. The molecule has 0 unspecified atom stereocenters. The van der Waals surface area contributed by atoms with Gasteiger partial charge < -0.3 is 20.3 Å². The molecule has 4 heteroatoms. The second-order valence-corrected chi connectivity index (χ2v) is 6.90. The number of aliphatic hydroxyl groups excluding tert-OH is 2. The minimum atomic E-state index is -0.486. The molecule has 4 N–H and O–H groups in total. The number of aliphatic hydroxyl groups is 2. The molecule has 0 radical (unpaired) electrons. The van der Waals surface area contributed by atoms with Crippen LogP contribution in [0.3, 0.4) is 0 Å². The van der Waals surface area contributed by atoms with Gasteiger partial charge in [-0.15, -0.1) is 0 Å². The van der Waals surface area contributed by atoms with E-state index in [1.807, 2.05) is 42.5 Å². The lowest BCUT2D eigenvalue weighted by Gasteiger charge is -2.24. The molecule has 1 aliphatic carbocycles. The van der Waals surface area contributed by atoms with Crippen LogP contribution in [0.15, 0.2) is 54.6 Å². The van der Waals surface area contributed by atoms with E-state index < -0.39 is 6.10 Å². The molecular weight excluding hydrogens is 314 g/mol. The van der Waals surface area contributed by atoms with Crippen molar-refractivity contribution in [2.75, 3.05) is 13.2 Å². The number of rotatable bonds is 7. The topological polar surface area (TPSA) is 66.3 Å². The average Bonchev–Trinajstić information content (AvgIpc) is 2.67. The van der Waals surface area contributed by atoms with Crippen molar-refractivity contribution in [3.05, 3.63) is 54.6 Å². The van der Waals surface area contributed by atoms with Gasteiger partial charge in [-0.25, -0.2) is 0 Å². The molecule has 1 saturated carbocycles. The quantitative estimate of drug-likeness (QED) is 0.721. The largest absolute Gasteiger partial charge is 0.491 e. The van der Waals surface area contributed by atoms with E-state index in [9.17, 15) is 10.2 Å². The molecule has 2 aromatic carbocycles. The first-order valence-corrected chi connectivity index (χ1v) is 9.18. The molecule has 0 saturated heterocycles. The van der Waals surface area contributed by atoms with Crippen LogP contribution >= 0.6 is 0 Å². The summed E-state index contributed by atoms with van der Waals surface area (Å²) in [6, 6.07) is 18.7. The highest BCUT2D eigenvalue weighted by Crippen LogP contribution is 2.22. The molecule has 4 nitrogen and oxygen atoms in total. The van der Waals surface area contributed by atoms with Gasteiger partial charge in [0.1, 0.15) is 25.0 Å². The Morgan fingerprint density at radius 2 is 1.56 bits per heavy atom. The van der Waals surface area contributed by atoms with Crippen molar-refractivity contribution in [2.45, 2.75) is 43.9 Å². The van der Waals surface area contributed by atoms with Crippen molar-refractivity contribution in [3.63, 3.8) is 0 Å². The van der Waals surface area contributed by atoms with Gasteiger partial charge in [0, 0.05) is 12.8 Å². The maximum absolute atomic E-state index is 10.1. The maximum Gasteiger partial charge on any atom is 0.137 e. The minimum Gasteiger partial charge on any atom is -0.491 e. The number of benzene rings is 2. The monoisotopic (exact) mass is 342 g/mol. The highest BCUT2D eigenvalue weighted by Gasteiger charge is 2.22. The van der Waals surface area contributed by atoms with Crippen molar-refractivity contribution < 1.29 is 20.3 Å². The number of hydrogen-bond donors (Lipinski definition) is 3. The smallest absolute Gasteiger partial charge is 0.137 e. The highest BCUT2D eigenvalue weighted by atomic mass is 16.5. The molecule has 0 heterocycles. The zero-order valence-electron chi connectivity index (χ0n) is 14.6. The Bertz CT molecular complexity index is 621. The van der Waals surface area contributed by atoms with Crippen LogP contribution in [0.25, 0.3) is 11.1 Å². The standard InChI is InChI=1S/C21H27NO3/c23-19-10-8-18(9-11-19)22-14-20(24)15-25-21-12-6-17(7-13-21)16-4-2-1-3-5-16/h1-7,12-13,18-20,22-24H,8-11,14-15H2/p+1/t18?,19?,20-/m1/s1. The Kier molecular flexibility index (Phi) is 6.45. The van der Waals surface area contributed by atoms with Crippen molar-refractivity contribution in [3.8, 4) is 16.9 Å². The molecule has 1 atom stereocenters. The SMILES string of the molecule is OC1CCC([NH2+]C[C@@H](O)COc2ccc(-c3ccccc3)cc2)CC1. The summed E-state index contributed by atoms with van der Waals surface area (Å²) in [4.78, 5) is 0. The molecule has 0 bridgehead atoms. The summed E-state index contributed by atoms with van der Waals surface area (Å²) in [7, 11) is 0. The van der Waals surface area contributed by atoms with Gasteiger partial charge in [-0.1, -0.05) is 42.5 Å². The molecule has 134 valence electrons. The van der Waals surface area contributed by atoms with E-state index in [2.05, 4.69) is 17.4 Å². The molecule has 0 amide bonds. The number of quaternary nitrogens is 1. The number of hydrogen-bond acceptors (Lipinski definition) is 3. The first-order chi connectivity index (χ1) is 12.2. The maximum atomic E-state index is 10.1. The van der Waals surface area contributed by atoms with Gasteiger partial charge in [0.05, 0.1) is 12.1 Å². The lowest BCUT2D eigenvalue weighted by atomic mass is 9.93. The zero-order chi connectivity index (χ0) is 17.5.